The maximum absolute atomic E-state index is 11.5. The largest absolute Gasteiger partial charge is 0.291 e. The predicted octanol–water partition coefficient (Wildman–Crippen LogP) is 4.03. The maximum atomic E-state index is 11.5. The van der Waals surface area contributed by atoms with E-state index in [2.05, 4.69) is 25.9 Å². The highest BCUT2D eigenvalue weighted by Crippen LogP contribution is 2.27. The number of alkyl halides is 1. The van der Waals surface area contributed by atoms with Crippen molar-refractivity contribution in [3.05, 3.63) is 46.3 Å². The van der Waals surface area contributed by atoms with Crippen molar-refractivity contribution in [1.29, 1.82) is 0 Å². The summed E-state index contributed by atoms with van der Waals surface area (Å²) >= 11 is 14.9. The summed E-state index contributed by atoms with van der Waals surface area (Å²) in [6.45, 7) is 0. The highest BCUT2D eigenvalue weighted by atomic mass is 79.9. The summed E-state index contributed by atoms with van der Waals surface area (Å²) < 4.78 is 0. The standard InChI is InChI=1S/C12H7BrCl2N2O/c13-5-12(18)11-4-10(16-6-17-11)7-1-2-8(14)9(15)3-7/h1-4,6H,5H2. The van der Waals surface area contributed by atoms with Gasteiger partial charge in [0.15, 0.2) is 5.78 Å². The van der Waals surface area contributed by atoms with Gasteiger partial charge in [0.05, 0.1) is 21.1 Å². The lowest BCUT2D eigenvalue weighted by Gasteiger charge is -2.04. The molecule has 2 rings (SSSR count). The van der Waals surface area contributed by atoms with E-state index in [1.54, 1.807) is 24.3 Å². The van der Waals surface area contributed by atoms with Gasteiger partial charge in [-0.1, -0.05) is 45.2 Å². The number of carbonyl (C=O) groups excluding carboxylic acids is 1. The van der Waals surface area contributed by atoms with Gasteiger partial charge in [-0.3, -0.25) is 4.79 Å². The third-order valence-electron chi connectivity index (χ3n) is 2.29. The van der Waals surface area contributed by atoms with Crippen LogP contribution in [0.4, 0.5) is 0 Å². The van der Waals surface area contributed by atoms with Crippen LogP contribution in [-0.4, -0.2) is 21.1 Å². The average molecular weight is 346 g/mol. The molecule has 0 N–H and O–H groups in total. The minimum absolute atomic E-state index is 0.0984. The third kappa shape index (κ3) is 2.88. The number of hydrogen-bond donors (Lipinski definition) is 0. The topological polar surface area (TPSA) is 42.9 Å². The van der Waals surface area contributed by atoms with E-state index in [1.165, 1.54) is 6.33 Å². The molecule has 6 heteroatoms. The molecule has 0 atom stereocenters. The third-order valence-corrected chi connectivity index (χ3v) is 3.54. The minimum Gasteiger partial charge on any atom is -0.291 e. The van der Waals surface area contributed by atoms with Gasteiger partial charge >= 0.3 is 0 Å². The molecule has 0 amide bonds. The first-order valence-corrected chi connectivity index (χ1v) is 6.86. The van der Waals surface area contributed by atoms with E-state index in [1.807, 2.05) is 0 Å². The fourth-order valence-electron chi connectivity index (χ4n) is 1.39. The van der Waals surface area contributed by atoms with Gasteiger partial charge in [0.2, 0.25) is 0 Å². The van der Waals surface area contributed by atoms with Crippen LogP contribution in [-0.2, 0) is 0 Å². The molecule has 0 spiro atoms. The molecule has 3 nitrogen and oxygen atoms in total. The van der Waals surface area contributed by atoms with Gasteiger partial charge in [0.25, 0.3) is 0 Å². The summed E-state index contributed by atoms with van der Waals surface area (Å²) in [7, 11) is 0. The van der Waals surface area contributed by atoms with Crippen molar-refractivity contribution >= 4 is 44.9 Å². The second kappa shape index (κ2) is 5.78. The zero-order chi connectivity index (χ0) is 13.1. The van der Waals surface area contributed by atoms with E-state index >= 15 is 0 Å². The Labute approximate surface area is 122 Å². The number of carbonyl (C=O) groups is 1. The van der Waals surface area contributed by atoms with Crippen LogP contribution in [0.1, 0.15) is 10.5 Å². The second-order valence-corrected chi connectivity index (χ2v) is 4.85. The SMILES string of the molecule is O=C(CBr)c1cc(-c2ccc(Cl)c(Cl)c2)ncn1. The summed E-state index contributed by atoms with van der Waals surface area (Å²) in [5.74, 6) is -0.0984. The number of nitrogens with zero attached hydrogens (tertiary/aromatic N) is 2. The number of rotatable bonds is 3. The fourth-order valence-corrected chi connectivity index (χ4v) is 1.98. The Bertz CT molecular complexity index is 604. The van der Waals surface area contributed by atoms with E-state index in [-0.39, 0.29) is 11.1 Å². The molecule has 0 fully saturated rings. The van der Waals surface area contributed by atoms with Crippen LogP contribution in [0.15, 0.2) is 30.6 Å². The summed E-state index contributed by atoms with van der Waals surface area (Å²) in [5.41, 5.74) is 1.78. The summed E-state index contributed by atoms with van der Waals surface area (Å²) in [5, 5.41) is 1.15. The molecule has 0 aliphatic carbocycles. The molecular weight excluding hydrogens is 339 g/mol. The lowest BCUT2D eigenvalue weighted by Crippen LogP contribution is -2.03. The summed E-state index contributed by atoms with van der Waals surface area (Å²) in [6, 6.07) is 6.81. The molecule has 0 saturated carbocycles. The van der Waals surface area contributed by atoms with Crippen LogP contribution in [0.25, 0.3) is 11.3 Å². The Morgan fingerprint density at radius 1 is 1.17 bits per heavy atom. The monoisotopic (exact) mass is 344 g/mol. The van der Waals surface area contributed by atoms with E-state index in [0.717, 1.165) is 5.56 Å². The Morgan fingerprint density at radius 3 is 2.61 bits per heavy atom. The van der Waals surface area contributed by atoms with E-state index in [4.69, 9.17) is 23.2 Å². The Kier molecular flexibility index (Phi) is 4.32. The molecule has 1 aromatic heterocycles. The predicted molar refractivity (Wildman–Crippen MR) is 75.6 cm³/mol. The van der Waals surface area contributed by atoms with Crippen molar-refractivity contribution in [2.24, 2.45) is 0 Å². The van der Waals surface area contributed by atoms with Gasteiger partial charge in [-0.05, 0) is 18.2 Å². The lowest BCUT2D eigenvalue weighted by atomic mass is 10.1. The highest BCUT2D eigenvalue weighted by Gasteiger charge is 2.09. The number of aromatic nitrogens is 2. The van der Waals surface area contributed by atoms with Crippen LogP contribution in [0.2, 0.25) is 10.0 Å². The molecule has 18 heavy (non-hydrogen) atoms. The molecule has 92 valence electrons. The molecule has 0 saturated heterocycles. The number of halogens is 3. The van der Waals surface area contributed by atoms with E-state index in [0.29, 0.717) is 21.4 Å². The first-order valence-electron chi connectivity index (χ1n) is 4.98. The van der Waals surface area contributed by atoms with Crippen molar-refractivity contribution in [3.8, 4) is 11.3 Å². The van der Waals surface area contributed by atoms with Crippen LogP contribution in [0, 0.1) is 0 Å². The van der Waals surface area contributed by atoms with Crippen LogP contribution in [0.3, 0.4) is 0 Å². The number of ketones is 1. The second-order valence-electron chi connectivity index (χ2n) is 3.47. The minimum atomic E-state index is -0.0984. The zero-order valence-electron chi connectivity index (χ0n) is 9.03. The zero-order valence-corrected chi connectivity index (χ0v) is 12.1. The van der Waals surface area contributed by atoms with E-state index < -0.39 is 0 Å². The lowest BCUT2D eigenvalue weighted by molar-refractivity contribution is 0.101. The van der Waals surface area contributed by atoms with Crippen LogP contribution in [0.5, 0.6) is 0 Å². The Morgan fingerprint density at radius 2 is 1.94 bits per heavy atom. The molecule has 0 aliphatic rings. The smallest absolute Gasteiger partial charge is 0.191 e. The Balaban J connectivity index is 2.44. The first-order chi connectivity index (χ1) is 8.61. The first kappa shape index (κ1) is 13.5. The van der Waals surface area contributed by atoms with Crippen molar-refractivity contribution in [2.75, 3.05) is 5.33 Å². The van der Waals surface area contributed by atoms with Crippen molar-refractivity contribution < 1.29 is 4.79 Å². The summed E-state index contributed by atoms with van der Waals surface area (Å²) in [6.07, 6.45) is 1.35. The van der Waals surface area contributed by atoms with Crippen molar-refractivity contribution in [1.82, 2.24) is 9.97 Å². The van der Waals surface area contributed by atoms with Gasteiger partial charge < -0.3 is 0 Å². The van der Waals surface area contributed by atoms with Gasteiger partial charge in [-0.2, -0.15) is 0 Å². The molecule has 1 aromatic carbocycles. The van der Waals surface area contributed by atoms with Crippen LogP contribution < -0.4 is 0 Å². The number of Topliss-reactive ketones (excluding diaryl/α,β-unsaturated/α-hetero) is 1. The van der Waals surface area contributed by atoms with Gasteiger partial charge in [0, 0.05) is 5.56 Å². The fraction of sp³-hybridized carbons (Fsp3) is 0.0833. The molecule has 0 bridgehead atoms. The Hall–Kier alpha value is -0.970. The molecule has 0 radical (unpaired) electrons. The quantitative estimate of drug-likeness (QED) is 0.623. The number of hydrogen-bond acceptors (Lipinski definition) is 3. The molecule has 0 aliphatic heterocycles. The molecule has 0 unspecified atom stereocenters. The maximum Gasteiger partial charge on any atom is 0.191 e. The average Bonchev–Trinajstić information content (AvgIpc) is 2.41. The molecule has 1 heterocycles. The van der Waals surface area contributed by atoms with Crippen molar-refractivity contribution in [3.63, 3.8) is 0 Å². The van der Waals surface area contributed by atoms with Gasteiger partial charge in [-0.25, -0.2) is 9.97 Å². The molecule has 2 aromatic rings. The van der Waals surface area contributed by atoms with Gasteiger partial charge in [-0.15, -0.1) is 0 Å². The van der Waals surface area contributed by atoms with Gasteiger partial charge in [0.1, 0.15) is 12.0 Å². The van der Waals surface area contributed by atoms with E-state index in [9.17, 15) is 4.79 Å². The van der Waals surface area contributed by atoms with Crippen molar-refractivity contribution in [2.45, 2.75) is 0 Å². The molecular formula is C12H7BrCl2N2O. The number of benzene rings is 1. The summed E-state index contributed by atoms with van der Waals surface area (Å²) in [4.78, 5) is 19.6. The highest BCUT2D eigenvalue weighted by molar-refractivity contribution is 9.09. The van der Waals surface area contributed by atoms with Crippen LogP contribution >= 0.6 is 39.1 Å². The normalized spacial score (nSPS) is 10.4.